The van der Waals surface area contributed by atoms with Crippen molar-refractivity contribution in [2.75, 3.05) is 6.54 Å². The minimum absolute atomic E-state index is 0.135. The van der Waals surface area contributed by atoms with Gasteiger partial charge in [-0.15, -0.1) is 0 Å². The predicted molar refractivity (Wildman–Crippen MR) is 77.2 cm³/mol. The molecule has 1 aromatic rings. The molecule has 0 bridgehead atoms. The lowest BCUT2D eigenvalue weighted by Crippen LogP contribution is -2.33. The average molecular weight is 314 g/mol. The lowest BCUT2D eigenvalue weighted by Gasteiger charge is -2.21. The van der Waals surface area contributed by atoms with Gasteiger partial charge in [-0.1, -0.05) is 29.3 Å². The SMILES string of the molecule is CCCNC1CCCC1Cc1cc(F)ccc1Br. The molecule has 2 unspecified atom stereocenters. The Kier molecular flexibility index (Phi) is 5.19. The second-order valence-corrected chi connectivity index (χ2v) is 6.05. The summed E-state index contributed by atoms with van der Waals surface area (Å²) in [6.07, 6.45) is 5.95. The molecule has 0 heterocycles. The molecule has 1 aromatic carbocycles. The molecule has 0 radical (unpaired) electrons. The van der Waals surface area contributed by atoms with E-state index < -0.39 is 0 Å². The molecule has 0 aliphatic heterocycles. The maximum absolute atomic E-state index is 13.3. The van der Waals surface area contributed by atoms with Gasteiger partial charge in [0.25, 0.3) is 0 Å². The minimum atomic E-state index is -0.135. The molecule has 3 heteroatoms. The van der Waals surface area contributed by atoms with Gasteiger partial charge >= 0.3 is 0 Å². The van der Waals surface area contributed by atoms with Gasteiger partial charge in [0, 0.05) is 10.5 Å². The Labute approximate surface area is 117 Å². The molecule has 0 saturated heterocycles. The molecule has 1 aliphatic rings. The summed E-state index contributed by atoms with van der Waals surface area (Å²) in [5.74, 6) is 0.513. The Morgan fingerprint density at radius 2 is 2.22 bits per heavy atom. The third-order valence-electron chi connectivity index (χ3n) is 3.81. The van der Waals surface area contributed by atoms with Crippen LogP contribution >= 0.6 is 15.9 Å². The maximum Gasteiger partial charge on any atom is 0.123 e. The van der Waals surface area contributed by atoms with Crippen LogP contribution in [0.15, 0.2) is 22.7 Å². The van der Waals surface area contributed by atoms with Crippen molar-refractivity contribution in [3.8, 4) is 0 Å². The van der Waals surface area contributed by atoms with E-state index >= 15 is 0 Å². The highest BCUT2D eigenvalue weighted by molar-refractivity contribution is 9.10. The van der Waals surface area contributed by atoms with Crippen molar-refractivity contribution in [1.29, 1.82) is 0 Å². The minimum Gasteiger partial charge on any atom is -0.314 e. The maximum atomic E-state index is 13.3. The zero-order chi connectivity index (χ0) is 13.0. The van der Waals surface area contributed by atoms with E-state index in [2.05, 4.69) is 28.2 Å². The fourth-order valence-corrected chi connectivity index (χ4v) is 3.27. The zero-order valence-electron chi connectivity index (χ0n) is 10.9. The van der Waals surface area contributed by atoms with Crippen LogP contribution in [0.4, 0.5) is 4.39 Å². The number of halogens is 2. The number of rotatable bonds is 5. The number of hydrogen-bond donors (Lipinski definition) is 1. The fourth-order valence-electron chi connectivity index (χ4n) is 2.86. The van der Waals surface area contributed by atoms with Crippen molar-refractivity contribution >= 4 is 15.9 Å². The van der Waals surface area contributed by atoms with Crippen LogP contribution in [0, 0.1) is 11.7 Å². The second kappa shape index (κ2) is 6.67. The summed E-state index contributed by atoms with van der Waals surface area (Å²) in [7, 11) is 0. The molecule has 1 aliphatic carbocycles. The summed E-state index contributed by atoms with van der Waals surface area (Å²) >= 11 is 3.52. The van der Waals surface area contributed by atoms with E-state index in [0.717, 1.165) is 23.0 Å². The Balaban J connectivity index is 2.01. The Morgan fingerprint density at radius 3 is 3.00 bits per heavy atom. The van der Waals surface area contributed by atoms with Crippen molar-refractivity contribution in [2.45, 2.75) is 45.1 Å². The summed E-state index contributed by atoms with van der Waals surface area (Å²) in [6, 6.07) is 5.60. The summed E-state index contributed by atoms with van der Waals surface area (Å²) in [4.78, 5) is 0. The van der Waals surface area contributed by atoms with E-state index in [1.807, 2.05) is 6.07 Å². The van der Waals surface area contributed by atoms with Crippen LogP contribution in [-0.2, 0) is 6.42 Å². The van der Waals surface area contributed by atoms with Gasteiger partial charge in [-0.05, 0) is 61.9 Å². The molecule has 1 nitrogen and oxygen atoms in total. The largest absolute Gasteiger partial charge is 0.314 e. The van der Waals surface area contributed by atoms with E-state index in [1.165, 1.54) is 31.7 Å². The first-order valence-electron chi connectivity index (χ1n) is 6.88. The highest BCUT2D eigenvalue weighted by Gasteiger charge is 2.27. The third-order valence-corrected chi connectivity index (χ3v) is 4.58. The summed E-state index contributed by atoms with van der Waals surface area (Å²) in [6.45, 7) is 3.28. The molecular formula is C15H21BrFN. The van der Waals surface area contributed by atoms with Crippen molar-refractivity contribution in [1.82, 2.24) is 5.32 Å². The molecule has 0 spiro atoms. The Hall–Kier alpha value is -0.410. The first kappa shape index (κ1) is 14.0. The second-order valence-electron chi connectivity index (χ2n) is 5.19. The van der Waals surface area contributed by atoms with Gasteiger partial charge in [0.15, 0.2) is 0 Å². The number of hydrogen-bond acceptors (Lipinski definition) is 1. The van der Waals surface area contributed by atoms with E-state index in [9.17, 15) is 4.39 Å². The average Bonchev–Trinajstić information content (AvgIpc) is 2.79. The molecule has 100 valence electrons. The van der Waals surface area contributed by atoms with Crippen molar-refractivity contribution in [3.63, 3.8) is 0 Å². The van der Waals surface area contributed by atoms with Crippen LogP contribution in [0.2, 0.25) is 0 Å². The number of nitrogens with one attached hydrogen (secondary N) is 1. The van der Waals surface area contributed by atoms with Gasteiger partial charge in [0.05, 0.1) is 0 Å². The van der Waals surface area contributed by atoms with E-state index in [0.29, 0.717) is 12.0 Å². The van der Waals surface area contributed by atoms with Gasteiger partial charge in [-0.2, -0.15) is 0 Å². The topological polar surface area (TPSA) is 12.0 Å². The zero-order valence-corrected chi connectivity index (χ0v) is 12.5. The van der Waals surface area contributed by atoms with Gasteiger partial charge in [-0.3, -0.25) is 0 Å². The van der Waals surface area contributed by atoms with Crippen molar-refractivity contribution in [3.05, 3.63) is 34.1 Å². The smallest absolute Gasteiger partial charge is 0.123 e. The highest BCUT2D eigenvalue weighted by atomic mass is 79.9. The lowest BCUT2D eigenvalue weighted by atomic mass is 9.94. The first-order chi connectivity index (χ1) is 8.70. The molecule has 0 aromatic heterocycles. The Bertz CT molecular complexity index is 394. The molecule has 2 rings (SSSR count). The first-order valence-corrected chi connectivity index (χ1v) is 7.67. The summed E-state index contributed by atoms with van der Waals surface area (Å²) in [5, 5.41) is 3.63. The molecule has 2 atom stereocenters. The van der Waals surface area contributed by atoms with E-state index in [4.69, 9.17) is 0 Å². The van der Waals surface area contributed by atoms with Gasteiger partial charge < -0.3 is 5.32 Å². The van der Waals surface area contributed by atoms with Crippen LogP contribution in [0.25, 0.3) is 0 Å². The third kappa shape index (κ3) is 3.55. The van der Waals surface area contributed by atoms with Gasteiger partial charge in [0.1, 0.15) is 5.82 Å². The predicted octanol–water partition coefficient (Wildman–Crippen LogP) is 4.30. The number of benzene rings is 1. The van der Waals surface area contributed by atoms with Crippen LogP contribution < -0.4 is 5.32 Å². The normalized spacial score (nSPS) is 23.5. The highest BCUT2D eigenvalue weighted by Crippen LogP contribution is 2.31. The molecular weight excluding hydrogens is 293 g/mol. The van der Waals surface area contributed by atoms with Crippen LogP contribution in [0.1, 0.15) is 38.2 Å². The van der Waals surface area contributed by atoms with Gasteiger partial charge in [-0.25, -0.2) is 4.39 Å². The van der Waals surface area contributed by atoms with Crippen molar-refractivity contribution in [2.24, 2.45) is 5.92 Å². The molecule has 1 N–H and O–H groups in total. The molecule has 1 saturated carbocycles. The summed E-state index contributed by atoms with van der Waals surface area (Å²) in [5.41, 5.74) is 1.10. The standard InChI is InChI=1S/C15H21BrFN/c1-2-8-18-15-5-3-4-11(15)9-12-10-13(17)6-7-14(12)16/h6-7,10-11,15,18H,2-5,8-9H2,1H3. The van der Waals surface area contributed by atoms with Crippen molar-refractivity contribution < 1.29 is 4.39 Å². The lowest BCUT2D eigenvalue weighted by molar-refractivity contribution is 0.398. The monoisotopic (exact) mass is 313 g/mol. The van der Waals surface area contributed by atoms with Gasteiger partial charge in [0.2, 0.25) is 0 Å². The fraction of sp³-hybridized carbons (Fsp3) is 0.600. The van der Waals surface area contributed by atoms with Crippen LogP contribution in [0.5, 0.6) is 0 Å². The van der Waals surface area contributed by atoms with E-state index in [1.54, 1.807) is 6.07 Å². The molecule has 18 heavy (non-hydrogen) atoms. The van der Waals surface area contributed by atoms with Crippen LogP contribution in [-0.4, -0.2) is 12.6 Å². The van der Waals surface area contributed by atoms with Crippen LogP contribution in [0.3, 0.4) is 0 Å². The summed E-state index contributed by atoms with van der Waals surface area (Å²) < 4.78 is 14.3. The molecule has 1 fully saturated rings. The molecule has 0 amide bonds. The van der Waals surface area contributed by atoms with E-state index in [-0.39, 0.29) is 5.82 Å². The Morgan fingerprint density at radius 1 is 1.39 bits per heavy atom. The quantitative estimate of drug-likeness (QED) is 0.854.